The predicted molar refractivity (Wildman–Crippen MR) is 67.4 cm³/mol. The van der Waals surface area contributed by atoms with Crippen molar-refractivity contribution >= 4 is 5.91 Å². The summed E-state index contributed by atoms with van der Waals surface area (Å²) in [5.74, 6) is 1.03. The zero-order chi connectivity index (χ0) is 12.0. The van der Waals surface area contributed by atoms with E-state index >= 15 is 0 Å². The van der Waals surface area contributed by atoms with Crippen LogP contribution in [0.3, 0.4) is 0 Å². The van der Waals surface area contributed by atoms with Gasteiger partial charge in [0.25, 0.3) is 0 Å². The van der Waals surface area contributed by atoms with E-state index in [4.69, 9.17) is 0 Å². The number of hydrogen-bond donors (Lipinski definition) is 1. The lowest BCUT2D eigenvalue weighted by Crippen LogP contribution is -2.50. The van der Waals surface area contributed by atoms with Gasteiger partial charge in [-0.2, -0.15) is 0 Å². The van der Waals surface area contributed by atoms with Crippen LogP contribution in [0.2, 0.25) is 0 Å². The quantitative estimate of drug-likeness (QED) is 0.778. The lowest BCUT2D eigenvalue weighted by atomic mass is 9.90. The molecule has 1 fully saturated rings. The Kier molecular flexibility index (Phi) is 5.81. The molecule has 0 aliphatic carbocycles. The van der Waals surface area contributed by atoms with Crippen LogP contribution < -0.4 is 5.32 Å². The Morgan fingerprint density at radius 1 is 1.31 bits per heavy atom. The van der Waals surface area contributed by atoms with Gasteiger partial charge in [0.2, 0.25) is 5.91 Å². The minimum Gasteiger partial charge on any atom is -0.341 e. The van der Waals surface area contributed by atoms with Crippen LogP contribution in [0.4, 0.5) is 0 Å². The molecule has 0 aromatic carbocycles. The summed E-state index contributed by atoms with van der Waals surface area (Å²) in [6.07, 6.45) is 5.35. The van der Waals surface area contributed by atoms with Gasteiger partial charge in [0.15, 0.2) is 0 Å². The van der Waals surface area contributed by atoms with Crippen molar-refractivity contribution in [3.63, 3.8) is 0 Å². The van der Waals surface area contributed by atoms with Crippen molar-refractivity contribution in [3.8, 4) is 0 Å². The van der Waals surface area contributed by atoms with Gasteiger partial charge < -0.3 is 10.2 Å². The van der Waals surface area contributed by atoms with Crippen molar-refractivity contribution in [1.82, 2.24) is 10.2 Å². The second-order valence-electron chi connectivity index (χ2n) is 4.92. The molecule has 0 radical (unpaired) electrons. The molecule has 0 saturated carbocycles. The first kappa shape index (κ1) is 13.5. The van der Waals surface area contributed by atoms with Crippen LogP contribution in [0, 0.1) is 5.92 Å². The SMILES string of the molecule is CCCC(=O)N1CC(CCC)CC(NC)C1. The van der Waals surface area contributed by atoms with Gasteiger partial charge in [-0.15, -0.1) is 0 Å². The maximum Gasteiger partial charge on any atom is 0.222 e. The van der Waals surface area contributed by atoms with Crippen molar-refractivity contribution < 1.29 is 4.79 Å². The summed E-state index contributed by atoms with van der Waals surface area (Å²) in [7, 11) is 2.00. The normalized spacial score (nSPS) is 25.8. The average molecular weight is 226 g/mol. The van der Waals surface area contributed by atoms with Crippen molar-refractivity contribution in [1.29, 1.82) is 0 Å². The number of carbonyl (C=O) groups is 1. The average Bonchev–Trinajstić information content (AvgIpc) is 2.29. The van der Waals surface area contributed by atoms with Gasteiger partial charge in [0.05, 0.1) is 0 Å². The molecule has 16 heavy (non-hydrogen) atoms. The van der Waals surface area contributed by atoms with Gasteiger partial charge in [-0.3, -0.25) is 4.79 Å². The van der Waals surface area contributed by atoms with E-state index in [1.165, 1.54) is 19.3 Å². The fraction of sp³-hybridized carbons (Fsp3) is 0.923. The Hall–Kier alpha value is -0.570. The van der Waals surface area contributed by atoms with Crippen molar-refractivity contribution in [2.75, 3.05) is 20.1 Å². The topological polar surface area (TPSA) is 32.3 Å². The Morgan fingerprint density at radius 3 is 2.62 bits per heavy atom. The summed E-state index contributed by atoms with van der Waals surface area (Å²) in [5.41, 5.74) is 0. The highest BCUT2D eigenvalue weighted by Crippen LogP contribution is 2.21. The van der Waals surface area contributed by atoms with Crippen LogP contribution in [-0.2, 0) is 4.79 Å². The lowest BCUT2D eigenvalue weighted by molar-refractivity contribution is -0.133. The fourth-order valence-corrected chi connectivity index (χ4v) is 2.61. The molecule has 1 amide bonds. The number of likely N-dealkylation sites (N-methyl/N-ethyl adjacent to an activating group) is 1. The molecule has 1 saturated heterocycles. The lowest BCUT2D eigenvalue weighted by Gasteiger charge is -2.38. The van der Waals surface area contributed by atoms with Gasteiger partial charge >= 0.3 is 0 Å². The minimum absolute atomic E-state index is 0.337. The molecule has 0 spiro atoms. The van der Waals surface area contributed by atoms with E-state index in [0.29, 0.717) is 24.3 Å². The van der Waals surface area contributed by atoms with E-state index in [2.05, 4.69) is 24.1 Å². The standard InChI is InChI=1S/C13H26N2O/c1-4-6-11-8-12(14-3)10-15(9-11)13(16)7-5-2/h11-12,14H,4-10H2,1-3H3. The summed E-state index contributed by atoms with van der Waals surface area (Å²) < 4.78 is 0. The molecule has 1 rings (SSSR count). The van der Waals surface area contributed by atoms with Crippen LogP contribution in [0.25, 0.3) is 0 Å². The van der Waals surface area contributed by atoms with Crippen molar-refractivity contribution in [2.24, 2.45) is 5.92 Å². The molecule has 94 valence electrons. The third-order valence-electron chi connectivity index (χ3n) is 3.46. The van der Waals surface area contributed by atoms with Gasteiger partial charge in [-0.25, -0.2) is 0 Å². The smallest absolute Gasteiger partial charge is 0.222 e. The summed E-state index contributed by atoms with van der Waals surface area (Å²) in [6.45, 7) is 6.17. The second kappa shape index (κ2) is 6.89. The van der Waals surface area contributed by atoms with E-state index in [1.807, 2.05) is 7.05 Å². The summed E-state index contributed by atoms with van der Waals surface area (Å²) in [5, 5.41) is 3.33. The number of carbonyl (C=O) groups excluding carboxylic acids is 1. The van der Waals surface area contributed by atoms with E-state index < -0.39 is 0 Å². The predicted octanol–water partition coefficient (Wildman–Crippen LogP) is 2.02. The number of rotatable bonds is 5. The van der Waals surface area contributed by atoms with Crippen molar-refractivity contribution in [2.45, 2.75) is 52.0 Å². The third-order valence-corrected chi connectivity index (χ3v) is 3.46. The molecular formula is C13H26N2O. The first-order chi connectivity index (χ1) is 7.71. The van der Waals surface area contributed by atoms with E-state index in [9.17, 15) is 4.79 Å². The largest absolute Gasteiger partial charge is 0.341 e. The Bertz CT molecular complexity index is 218. The number of likely N-dealkylation sites (tertiary alicyclic amines) is 1. The van der Waals surface area contributed by atoms with Crippen LogP contribution >= 0.6 is 0 Å². The molecule has 0 bridgehead atoms. The molecule has 3 nitrogen and oxygen atoms in total. The summed E-state index contributed by atoms with van der Waals surface area (Å²) >= 11 is 0. The molecule has 0 aromatic rings. The molecule has 1 heterocycles. The number of nitrogens with zero attached hydrogens (tertiary/aromatic N) is 1. The van der Waals surface area contributed by atoms with Gasteiger partial charge in [0.1, 0.15) is 0 Å². The summed E-state index contributed by atoms with van der Waals surface area (Å²) in [4.78, 5) is 14.0. The van der Waals surface area contributed by atoms with E-state index in [0.717, 1.165) is 19.5 Å². The van der Waals surface area contributed by atoms with Crippen LogP contribution in [-0.4, -0.2) is 37.0 Å². The zero-order valence-electron chi connectivity index (χ0n) is 11.0. The molecule has 3 heteroatoms. The van der Waals surface area contributed by atoms with Gasteiger partial charge in [-0.05, 0) is 32.2 Å². The Balaban J connectivity index is 2.53. The number of hydrogen-bond acceptors (Lipinski definition) is 2. The van der Waals surface area contributed by atoms with Crippen LogP contribution in [0.1, 0.15) is 46.0 Å². The molecule has 0 aromatic heterocycles. The monoisotopic (exact) mass is 226 g/mol. The highest BCUT2D eigenvalue weighted by Gasteiger charge is 2.27. The van der Waals surface area contributed by atoms with Gasteiger partial charge in [-0.1, -0.05) is 20.3 Å². The Labute approximate surface area is 99.6 Å². The molecule has 2 atom stereocenters. The molecule has 2 unspecified atom stereocenters. The van der Waals surface area contributed by atoms with E-state index in [1.54, 1.807) is 0 Å². The summed E-state index contributed by atoms with van der Waals surface area (Å²) in [6, 6.07) is 0.492. The fourth-order valence-electron chi connectivity index (χ4n) is 2.61. The first-order valence-electron chi connectivity index (χ1n) is 6.66. The third kappa shape index (κ3) is 3.78. The molecule has 1 N–H and O–H groups in total. The van der Waals surface area contributed by atoms with E-state index in [-0.39, 0.29) is 0 Å². The van der Waals surface area contributed by atoms with Crippen LogP contribution in [0.15, 0.2) is 0 Å². The maximum absolute atomic E-state index is 11.9. The highest BCUT2D eigenvalue weighted by atomic mass is 16.2. The zero-order valence-corrected chi connectivity index (χ0v) is 11.0. The molecule has 1 aliphatic rings. The van der Waals surface area contributed by atoms with Crippen LogP contribution in [0.5, 0.6) is 0 Å². The number of amides is 1. The molecule has 1 aliphatic heterocycles. The minimum atomic E-state index is 0.337. The first-order valence-corrected chi connectivity index (χ1v) is 6.66. The number of piperidine rings is 1. The second-order valence-corrected chi connectivity index (χ2v) is 4.92. The maximum atomic E-state index is 11.9. The van der Waals surface area contributed by atoms with Gasteiger partial charge in [0, 0.05) is 25.6 Å². The van der Waals surface area contributed by atoms with Crippen molar-refractivity contribution in [3.05, 3.63) is 0 Å². The number of nitrogens with one attached hydrogen (secondary N) is 1. The highest BCUT2D eigenvalue weighted by molar-refractivity contribution is 5.76. The molecular weight excluding hydrogens is 200 g/mol. The Morgan fingerprint density at radius 2 is 2.06 bits per heavy atom.